The minimum absolute atomic E-state index is 0.117. The summed E-state index contributed by atoms with van der Waals surface area (Å²) in [6.45, 7) is 8.77. The van der Waals surface area contributed by atoms with Crippen molar-refractivity contribution in [3.05, 3.63) is 63.3 Å². The third-order valence-corrected chi connectivity index (χ3v) is 7.56. The minimum atomic E-state index is -0.321. The number of hydrogen-bond acceptors (Lipinski definition) is 7. The number of aromatic nitrogens is 2. The molecule has 0 aliphatic carbocycles. The van der Waals surface area contributed by atoms with Gasteiger partial charge in [0.15, 0.2) is 4.96 Å². The van der Waals surface area contributed by atoms with E-state index >= 15 is 0 Å². The zero-order valence-electron chi connectivity index (χ0n) is 18.8. The molecule has 1 N–H and O–H groups in total. The van der Waals surface area contributed by atoms with Gasteiger partial charge in [-0.15, -0.1) is 23.1 Å². The van der Waals surface area contributed by atoms with Crippen molar-refractivity contribution in [2.75, 3.05) is 43.4 Å². The maximum absolute atomic E-state index is 14.1. The Labute approximate surface area is 200 Å². The van der Waals surface area contributed by atoms with E-state index in [1.165, 1.54) is 45.7 Å². The Kier molecular flexibility index (Phi) is 7.67. The van der Waals surface area contributed by atoms with E-state index in [9.17, 15) is 14.0 Å². The summed E-state index contributed by atoms with van der Waals surface area (Å²) in [5.74, 6) is 0.263. The molecule has 1 atom stereocenters. The van der Waals surface area contributed by atoms with Gasteiger partial charge in [-0.3, -0.25) is 14.0 Å². The number of rotatable bonds is 8. The lowest BCUT2D eigenvalue weighted by molar-refractivity contribution is -0.119. The summed E-state index contributed by atoms with van der Waals surface area (Å²) in [4.78, 5) is 34.4. The molecular weight excluding hydrogens is 461 g/mol. The highest BCUT2D eigenvalue weighted by molar-refractivity contribution is 7.99. The average molecular weight is 490 g/mol. The Hall–Kier alpha value is -2.43. The summed E-state index contributed by atoms with van der Waals surface area (Å²) in [6, 6.07) is 6.00. The van der Waals surface area contributed by atoms with Crippen molar-refractivity contribution in [1.29, 1.82) is 0 Å². The smallest absolute Gasteiger partial charge is 0.258 e. The molecule has 4 rings (SSSR count). The molecule has 1 saturated heterocycles. The van der Waals surface area contributed by atoms with Gasteiger partial charge < -0.3 is 15.1 Å². The van der Waals surface area contributed by atoms with Crippen LogP contribution in [-0.4, -0.2) is 58.7 Å². The lowest BCUT2D eigenvalue weighted by Crippen LogP contribution is -2.46. The van der Waals surface area contributed by atoms with E-state index in [2.05, 4.69) is 27.0 Å². The number of thioether (sulfide) groups is 1. The third kappa shape index (κ3) is 5.74. The van der Waals surface area contributed by atoms with Crippen LogP contribution in [0.15, 0.2) is 40.6 Å². The van der Waals surface area contributed by atoms with Crippen LogP contribution >= 0.6 is 23.1 Å². The van der Waals surface area contributed by atoms with E-state index < -0.39 is 0 Å². The molecule has 1 aromatic carbocycles. The summed E-state index contributed by atoms with van der Waals surface area (Å²) in [6.07, 6.45) is 1.70. The molecule has 1 aliphatic heterocycles. The van der Waals surface area contributed by atoms with Gasteiger partial charge in [-0.25, -0.2) is 9.37 Å². The number of benzene rings is 1. The third-order valence-electron chi connectivity index (χ3n) is 5.83. The zero-order chi connectivity index (χ0) is 23.4. The molecule has 0 saturated carbocycles. The topological polar surface area (TPSA) is 70.0 Å². The number of nitrogens with one attached hydrogen (secondary N) is 1. The van der Waals surface area contributed by atoms with Gasteiger partial charge in [-0.05, 0) is 31.7 Å². The van der Waals surface area contributed by atoms with E-state index in [0.717, 1.165) is 44.0 Å². The van der Waals surface area contributed by atoms with E-state index in [1.807, 2.05) is 18.4 Å². The van der Waals surface area contributed by atoms with Crippen LogP contribution in [0.3, 0.4) is 0 Å². The summed E-state index contributed by atoms with van der Waals surface area (Å²) in [5.41, 5.74) is 2.30. The molecule has 0 bridgehead atoms. The number of halogens is 1. The molecule has 3 heterocycles. The molecule has 1 fully saturated rings. The fraction of sp³-hybridized carbons (Fsp3) is 0.435. The van der Waals surface area contributed by atoms with Crippen molar-refractivity contribution in [2.45, 2.75) is 25.6 Å². The molecule has 33 heavy (non-hydrogen) atoms. The van der Waals surface area contributed by atoms with Crippen molar-refractivity contribution in [1.82, 2.24) is 19.6 Å². The molecule has 0 spiro atoms. The molecule has 2 aromatic heterocycles. The van der Waals surface area contributed by atoms with Gasteiger partial charge in [0, 0.05) is 60.8 Å². The monoisotopic (exact) mass is 489 g/mol. The number of fused-ring (bicyclic) bond motifs is 1. The second kappa shape index (κ2) is 10.7. The summed E-state index contributed by atoms with van der Waals surface area (Å²) < 4.78 is 15.6. The Morgan fingerprint density at radius 3 is 2.82 bits per heavy atom. The van der Waals surface area contributed by atoms with Crippen molar-refractivity contribution in [2.24, 2.45) is 0 Å². The second-order valence-corrected chi connectivity index (χ2v) is 9.91. The first-order valence-electron chi connectivity index (χ1n) is 11.0. The maximum atomic E-state index is 14.1. The summed E-state index contributed by atoms with van der Waals surface area (Å²) in [5, 5.41) is 4.82. The molecule has 10 heteroatoms. The predicted octanol–water partition coefficient (Wildman–Crippen LogP) is 3.15. The number of nitrogens with zero attached hydrogens (tertiary/aromatic N) is 4. The number of thiazole rings is 1. The second-order valence-electron chi connectivity index (χ2n) is 8.05. The number of piperazine rings is 1. The van der Waals surface area contributed by atoms with Gasteiger partial charge >= 0.3 is 0 Å². The highest BCUT2D eigenvalue weighted by Crippen LogP contribution is 2.28. The molecule has 3 aromatic rings. The number of anilines is 1. The highest BCUT2D eigenvalue weighted by atomic mass is 32.2. The van der Waals surface area contributed by atoms with Crippen LogP contribution in [0, 0.1) is 5.82 Å². The van der Waals surface area contributed by atoms with Crippen LogP contribution in [0.5, 0.6) is 0 Å². The first-order valence-corrected chi connectivity index (χ1v) is 13.1. The highest BCUT2D eigenvalue weighted by Gasteiger charge is 2.22. The molecule has 0 radical (unpaired) electrons. The Bertz CT molecular complexity index is 1170. The lowest BCUT2D eigenvalue weighted by Gasteiger charge is -2.37. The SMILES string of the molecule is CCN1CCN(c2ccc(F)cc2[C@@H](C)NC(=O)CSCc2cc(=O)n3ccsc3n2)CC1. The molecule has 1 amide bonds. The molecule has 7 nitrogen and oxygen atoms in total. The zero-order valence-corrected chi connectivity index (χ0v) is 20.4. The van der Waals surface area contributed by atoms with E-state index in [4.69, 9.17) is 0 Å². The van der Waals surface area contributed by atoms with Crippen LogP contribution < -0.4 is 15.8 Å². The Balaban J connectivity index is 1.35. The fourth-order valence-corrected chi connectivity index (χ4v) is 5.50. The standard InChI is InChI=1S/C23H28FN5O2S2/c1-3-27-6-8-28(9-7-27)20-5-4-17(24)12-19(20)16(2)25-21(30)15-32-14-18-13-22(31)29-10-11-33-23(29)26-18/h4-5,10-13,16H,3,6-9,14-15H2,1-2H3,(H,25,30)/t16-/m1/s1. The first kappa shape index (κ1) is 23.7. The number of hydrogen-bond donors (Lipinski definition) is 1. The fourth-order valence-electron chi connectivity index (χ4n) is 4.04. The Morgan fingerprint density at radius 2 is 2.06 bits per heavy atom. The van der Waals surface area contributed by atoms with Crippen molar-refractivity contribution in [3.63, 3.8) is 0 Å². The minimum Gasteiger partial charge on any atom is -0.369 e. The number of likely N-dealkylation sites (N-methyl/N-ethyl adjacent to an activating group) is 1. The number of carbonyl (C=O) groups excluding carboxylic acids is 1. The van der Waals surface area contributed by atoms with Crippen LogP contribution in [0.25, 0.3) is 4.96 Å². The van der Waals surface area contributed by atoms with Gasteiger partial charge in [0.2, 0.25) is 5.91 Å². The quantitative estimate of drug-likeness (QED) is 0.524. The molecule has 1 aliphatic rings. The number of amides is 1. The van der Waals surface area contributed by atoms with Gasteiger partial charge in [-0.1, -0.05) is 6.92 Å². The van der Waals surface area contributed by atoms with Crippen LogP contribution in [0.2, 0.25) is 0 Å². The van der Waals surface area contributed by atoms with Gasteiger partial charge in [0.25, 0.3) is 5.56 Å². The van der Waals surface area contributed by atoms with Crippen LogP contribution in [0.1, 0.15) is 31.1 Å². The average Bonchev–Trinajstić information content (AvgIpc) is 3.28. The molecule has 176 valence electrons. The first-order chi connectivity index (χ1) is 15.9. The van der Waals surface area contributed by atoms with E-state index in [1.54, 1.807) is 6.20 Å². The molecular formula is C23H28FN5O2S2. The van der Waals surface area contributed by atoms with Crippen molar-refractivity contribution < 1.29 is 9.18 Å². The van der Waals surface area contributed by atoms with E-state index in [-0.39, 0.29) is 29.1 Å². The molecule has 0 unspecified atom stereocenters. The van der Waals surface area contributed by atoms with Crippen molar-refractivity contribution in [3.8, 4) is 0 Å². The lowest BCUT2D eigenvalue weighted by atomic mass is 10.0. The predicted molar refractivity (Wildman–Crippen MR) is 133 cm³/mol. The van der Waals surface area contributed by atoms with Crippen LogP contribution in [0.4, 0.5) is 10.1 Å². The normalized spacial score (nSPS) is 15.7. The maximum Gasteiger partial charge on any atom is 0.258 e. The Morgan fingerprint density at radius 1 is 1.27 bits per heavy atom. The van der Waals surface area contributed by atoms with Crippen molar-refractivity contribution >= 4 is 39.7 Å². The van der Waals surface area contributed by atoms with Gasteiger partial charge in [0.1, 0.15) is 5.82 Å². The summed E-state index contributed by atoms with van der Waals surface area (Å²) >= 11 is 2.80. The number of carbonyl (C=O) groups is 1. The van der Waals surface area contributed by atoms with E-state index in [0.29, 0.717) is 16.4 Å². The van der Waals surface area contributed by atoms with Gasteiger partial charge in [0.05, 0.1) is 17.5 Å². The van der Waals surface area contributed by atoms with Crippen LogP contribution in [-0.2, 0) is 10.5 Å². The largest absolute Gasteiger partial charge is 0.369 e. The summed E-state index contributed by atoms with van der Waals surface area (Å²) in [7, 11) is 0. The van der Waals surface area contributed by atoms with Gasteiger partial charge in [-0.2, -0.15) is 0 Å².